The number of rotatable bonds is 9. The fourth-order valence-corrected chi connectivity index (χ4v) is 10.2. The van der Waals surface area contributed by atoms with E-state index in [-0.39, 0.29) is 22.9 Å². The van der Waals surface area contributed by atoms with E-state index in [4.69, 9.17) is 4.18 Å². The summed E-state index contributed by atoms with van der Waals surface area (Å²) >= 11 is 1.72. The first-order valence-corrected chi connectivity index (χ1v) is 18.5. The summed E-state index contributed by atoms with van der Waals surface area (Å²) in [4.78, 5) is 13.8. The lowest BCUT2D eigenvalue weighted by molar-refractivity contribution is -0.144. The molecule has 1 aliphatic rings. The molecule has 1 aliphatic heterocycles. The van der Waals surface area contributed by atoms with Crippen molar-refractivity contribution in [2.45, 2.75) is 49.0 Å². The summed E-state index contributed by atoms with van der Waals surface area (Å²) in [5, 5.41) is -0.357. The molecule has 8 heteroatoms. The second-order valence-electron chi connectivity index (χ2n) is 11.4. The molecule has 0 radical (unpaired) electrons. The first kappa shape index (κ1) is 28.6. The van der Waals surface area contributed by atoms with Gasteiger partial charge in [0, 0.05) is 0 Å². The molecule has 38 heavy (non-hydrogen) atoms. The van der Waals surface area contributed by atoms with Gasteiger partial charge in [0.15, 0.2) is 8.24 Å². The maximum absolute atomic E-state index is 13.8. The molecule has 5 nitrogen and oxygen atoms in total. The van der Waals surface area contributed by atoms with Crippen LogP contribution in [0.3, 0.4) is 0 Å². The first-order valence-electron chi connectivity index (χ1n) is 12.8. The zero-order valence-electron chi connectivity index (χ0n) is 22.9. The van der Waals surface area contributed by atoms with Gasteiger partial charge in [-0.1, -0.05) is 125 Å². The van der Waals surface area contributed by atoms with Gasteiger partial charge < -0.3 is 4.57 Å². The van der Waals surface area contributed by atoms with E-state index in [2.05, 4.69) is 74.8 Å². The zero-order chi connectivity index (χ0) is 27.8. The predicted molar refractivity (Wildman–Crippen MR) is 159 cm³/mol. The predicted octanol–water partition coefficient (Wildman–Crippen LogP) is 6.48. The highest BCUT2D eigenvalue weighted by molar-refractivity contribution is 8.01. The van der Waals surface area contributed by atoms with Crippen molar-refractivity contribution in [2.75, 3.05) is 12.9 Å². The topological polar surface area (TPSA) is 63.7 Å². The van der Waals surface area contributed by atoms with Crippen LogP contribution in [0.25, 0.3) is 0 Å². The normalized spacial score (nSPS) is 18.8. The lowest BCUT2D eigenvalue weighted by Crippen LogP contribution is -2.73. The Labute approximate surface area is 232 Å². The number of thioether (sulfide) groups is 1. The third-order valence-corrected chi connectivity index (χ3v) is 15.9. The Hall–Kier alpha value is -2.39. The molecule has 0 aromatic heterocycles. The molecule has 2 atom stereocenters. The van der Waals surface area contributed by atoms with Crippen LogP contribution in [0.1, 0.15) is 37.5 Å². The maximum atomic E-state index is 13.8. The Balaban J connectivity index is 1.93. The lowest BCUT2D eigenvalue weighted by atomic mass is 9.84. The molecule has 1 amide bonds. The highest BCUT2D eigenvalue weighted by atomic mass is 32.2. The second-order valence-corrected chi connectivity index (χ2v) is 19.5. The molecule has 1 fully saturated rings. The van der Waals surface area contributed by atoms with Crippen LogP contribution in [0.4, 0.5) is 0 Å². The fraction of sp³-hybridized carbons (Fsp3) is 0.367. The van der Waals surface area contributed by atoms with E-state index in [9.17, 15) is 13.2 Å². The second kappa shape index (κ2) is 10.6. The van der Waals surface area contributed by atoms with Gasteiger partial charge in [-0.15, -0.1) is 11.8 Å². The minimum Gasteiger partial charge on any atom is -0.356 e. The minimum atomic E-state index is -3.69. The summed E-state index contributed by atoms with van der Waals surface area (Å²) in [5.41, 5.74) is 3.29. The van der Waals surface area contributed by atoms with Crippen LogP contribution in [0, 0.1) is 5.92 Å². The largest absolute Gasteiger partial charge is 0.356 e. The lowest BCUT2D eigenvalue weighted by Gasteiger charge is -2.59. The quantitative estimate of drug-likeness (QED) is 0.128. The van der Waals surface area contributed by atoms with E-state index in [1.54, 1.807) is 11.8 Å². The fourth-order valence-electron chi connectivity index (χ4n) is 4.87. The molecule has 0 N–H and O–H groups in total. The number of hydrogen-bond acceptors (Lipinski definition) is 5. The van der Waals surface area contributed by atoms with Crippen LogP contribution in [0.5, 0.6) is 0 Å². The van der Waals surface area contributed by atoms with Crippen LogP contribution >= 0.6 is 11.8 Å². The molecule has 0 aliphatic carbocycles. The summed E-state index contributed by atoms with van der Waals surface area (Å²) in [7, 11) is -6.00. The summed E-state index contributed by atoms with van der Waals surface area (Å²) < 4.78 is 30.5. The van der Waals surface area contributed by atoms with Crippen molar-refractivity contribution in [2.24, 2.45) is 5.92 Å². The Kier molecular flexibility index (Phi) is 8.01. The SMILES string of the molecule is CC(C)(C)[Si](C)(C)N1C(=O)[C@@H](COS(C)(=O)=O)[C@@H]1SC(c1ccccc1)(c1ccccc1)c1ccccc1. The maximum Gasteiger partial charge on any atom is 0.264 e. The van der Waals surface area contributed by atoms with Gasteiger partial charge in [-0.05, 0) is 21.7 Å². The smallest absolute Gasteiger partial charge is 0.264 e. The molecule has 4 rings (SSSR count). The van der Waals surface area contributed by atoms with Gasteiger partial charge in [0.05, 0.1) is 28.9 Å². The monoisotopic (exact) mass is 567 g/mol. The standard InChI is InChI=1S/C30H37NO4S2Si/c1-29(2,3)38(5,6)31-27(32)26(22-35-37(4,33)34)28(31)36-30(23-16-10-7-11-17-23,24-18-12-8-13-19-24)25-20-14-9-15-21-25/h7-21,26,28H,22H2,1-6H3/t26-,28+/m1/s1. The number of carbonyl (C=O) groups excluding carboxylic acids is 1. The van der Waals surface area contributed by atoms with Gasteiger partial charge in [-0.25, -0.2) is 0 Å². The van der Waals surface area contributed by atoms with Crippen molar-refractivity contribution in [3.8, 4) is 0 Å². The molecule has 3 aromatic rings. The van der Waals surface area contributed by atoms with Crippen molar-refractivity contribution in [3.05, 3.63) is 108 Å². The summed E-state index contributed by atoms with van der Waals surface area (Å²) in [6.45, 7) is 10.9. The summed E-state index contributed by atoms with van der Waals surface area (Å²) in [6, 6.07) is 31.0. The first-order chi connectivity index (χ1) is 17.8. The van der Waals surface area contributed by atoms with E-state index in [0.717, 1.165) is 22.9 Å². The van der Waals surface area contributed by atoms with Gasteiger partial charge >= 0.3 is 0 Å². The highest BCUT2D eigenvalue weighted by Crippen LogP contribution is 2.57. The highest BCUT2D eigenvalue weighted by Gasteiger charge is 2.60. The van der Waals surface area contributed by atoms with Gasteiger partial charge in [0.25, 0.3) is 10.1 Å². The Morgan fingerprint density at radius 1 is 0.816 bits per heavy atom. The number of β-lactam (4-membered cyclic amide) rings is 1. The molecule has 0 spiro atoms. The number of carbonyl (C=O) groups is 1. The molecular weight excluding hydrogens is 531 g/mol. The molecule has 3 aromatic carbocycles. The van der Waals surface area contributed by atoms with E-state index < -0.39 is 29.0 Å². The van der Waals surface area contributed by atoms with Gasteiger partial charge in [-0.2, -0.15) is 8.42 Å². The Bertz CT molecular complexity index is 1260. The van der Waals surface area contributed by atoms with Gasteiger partial charge in [0.1, 0.15) is 0 Å². The van der Waals surface area contributed by atoms with Crippen molar-refractivity contribution in [1.82, 2.24) is 4.57 Å². The van der Waals surface area contributed by atoms with E-state index in [1.807, 2.05) is 54.6 Å². The van der Waals surface area contributed by atoms with Gasteiger partial charge in [-0.3, -0.25) is 8.98 Å². The number of nitrogens with zero attached hydrogens (tertiary/aromatic N) is 1. The Morgan fingerprint density at radius 3 is 1.55 bits per heavy atom. The Morgan fingerprint density at radius 2 is 1.21 bits per heavy atom. The molecular formula is C30H37NO4S2Si. The minimum absolute atomic E-state index is 0.0270. The van der Waals surface area contributed by atoms with Crippen molar-refractivity contribution >= 4 is 36.0 Å². The molecule has 1 saturated heterocycles. The third kappa shape index (κ3) is 5.37. The van der Waals surface area contributed by atoms with Crippen LogP contribution < -0.4 is 0 Å². The van der Waals surface area contributed by atoms with E-state index in [0.29, 0.717) is 0 Å². The number of hydrogen-bond donors (Lipinski definition) is 0. The summed E-state index contributed by atoms with van der Waals surface area (Å²) in [5.74, 6) is -0.597. The molecule has 0 saturated carbocycles. The van der Waals surface area contributed by atoms with Crippen LogP contribution in [0.2, 0.25) is 18.1 Å². The number of benzene rings is 3. The van der Waals surface area contributed by atoms with E-state index in [1.165, 1.54) is 0 Å². The van der Waals surface area contributed by atoms with E-state index >= 15 is 0 Å². The zero-order valence-corrected chi connectivity index (χ0v) is 25.6. The molecule has 1 heterocycles. The van der Waals surface area contributed by atoms with Crippen molar-refractivity contribution in [1.29, 1.82) is 0 Å². The number of amides is 1. The molecule has 0 bridgehead atoms. The average molecular weight is 568 g/mol. The third-order valence-electron chi connectivity index (χ3n) is 7.89. The molecule has 202 valence electrons. The molecule has 0 unspecified atom stereocenters. The average Bonchev–Trinajstić information content (AvgIpc) is 2.86. The van der Waals surface area contributed by atoms with Crippen molar-refractivity contribution in [3.63, 3.8) is 0 Å². The van der Waals surface area contributed by atoms with Crippen LogP contribution in [-0.2, 0) is 23.8 Å². The van der Waals surface area contributed by atoms with Crippen molar-refractivity contribution < 1.29 is 17.4 Å². The van der Waals surface area contributed by atoms with Crippen LogP contribution in [0.15, 0.2) is 91.0 Å². The van der Waals surface area contributed by atoms with Gasteiger partial charge in [0.2, 0.25) is 5.91 Å². The summed E-state index contributed by atoms with van der Waals surface area (Å²) in [6.07, 6.45) is 1.03. The van der Waals surface area contributed by atoms with Crippen LogP contribution in [-0.4, -0.2) is 45.4 Å².